The lowest BCUT2D eigenvalue weighted by molar-refractivity contribution is 0.281. The molecule has 0 amide bonds. The van der Waals surface area contributed by atoms with Gasteiger partial charge >= 0.3 is 0 Å². The molecule has 1 saturated heterocycles. The molecule has 130 valence electrons. The van der Waals surface area contributed by atoms with E-state index in [4.69, 9.17) is 28.2 Å². The summed E-state index contributed by atoms with van der Waals surface area (Å²) in [4.78, 5) is 7.31. The van der Waals surface area contributed by atoms with Crippen LogP contribution in [0.3, 0.4) is 0 Å². The number of fused-ring (bicyclic) bond motifs is 1. The molecule has 3 aromatic rings. The van der Waals surface area contributed by atoms with Gasteiger partial charge < -0.3 is 5.32 Å². The maximum absolute atomic E-state index is 6.41. The van der Waals surface area contributed by atoms with Crippen LogP contribution >= 0.6 is 23.2 Å². The third-order valence-corrected chi connectivity index (χ3v) is 5.08. The number of nitrogens with one attached hydrogen (secondary N) is 1. The summed E-state index contributed by atoms with van der Waals surface area (Å²) in [5.41, 5.74) is 3.96. The van der Waals surface area contributed by atoms with Crippen LogP contribution < -0.4 is 5.32 Å². The highest BCUT2D eigenvalue weighted by molar-refractivity contribution is 6.36. The van der Waals surface area contributed by atoms with E-state index in [-0.39, 0.29) is 0 Å². The second-order valence-electron chi connectivity index (χ2n) is 6.35. The van der Waals surface area contributed by atoms with Gasteiger partial charge in [0.15, 0.2) is 5.65 Å². The Bertz CT molecular complexity index is 868. The van der Waals surface area contributed by atoms with Crippen LogP contribution in [0, 0.1) is 0 Å². The smallest absolute Gasteiger partial charge is 0.156 e. The Balaban J connectivity index is 1.83. The summed E-state index contributed by atoms with van der Waals surface area (Å²) in [5, 5.41) is 4.65. The zero-order valence-electron chi connectivity index (χ0n) is 13.9. The molecule has 1 fully saturated rings. The summed E-state index contributed by atoms with van der Waals surface area (Å²) in [5.74, 6) is 0. The minimum absolute atomic E-state index is 0.577. The van der Waals surface area contributed by atoms with Crippen LogP contribution in [0.15, 0.2) is 42.6 Å². The first-order valence-electron chi connectivity index (χ1n) is 8.57. The van der Waals surface area contributed by atoms with E-state index >= 15 is 0 Å². The van der Waals surface area contributed by atoms with E-state index < -0.39 is 0 Å². The van der Waals surface area contributed by atoms with Gasteiger partial charge in [-0.3, -0.25) is 9.30 Å². The van der Waals surface area contributed by atoms with Crippen molar-refractivity contribution in [2.75, 3.05) is 26.2 Å². The largest absolute Gasteiger partial charge is 0.315 e. The van der Waals surface area contributed by atoms with Gasteiger partial charge in [-0.2, -0.15) is 0 Å². The minimum atomic E-state index is 0.577. The molecule has 0 atom stereocenters. The van der Waals surface area contributed by atoms with E-state index in [1.807, 2.05) is 28.8 Å². The van der Waals surface area contributed by atoms with Crippen molar-refractivity contribution in [3.63, 3.8) is 0 Å². The van der Waals surface area contributed by atoms with E-state index in [1.54, 1.807) is 6.07 Å². The molecule has 0 bridgehead atoms. The Hall–Kier alpha value is -1.59. The molecule has 2 aromatic heterocycles. The highest BCUT2D eigenvalue weighted by Crippen LogP contribution is 2.30. The van der Waals surface area contributed by atoms with Crippen LogP contribution in [-0.2, 0) is 6.54 Å². The molecule has 0 aliphatic carbocycles. The van der Waals surface area contributed by atoms with Crippen molar-refractivity contribution < 1.29 is 0 Å². The normalized spacial score (nSPS) is 16.2. The van der Waals surface area contributed by atoms with Gasteiger partial charge in [-0.1, -0.05) is 53.5 Å². The van der Waals surface area contributed by atoms with Gasteiger partial charge in [0, 0.05) is 31.4 Å². The molecule has 1 aliphatic heterocycles. The highest BCUT2D eigenvalue weighted by atomic mass is 35.5. The number of benzene rings is 1. The second-order valence-corrected chi connectivity index (χ2v) is 7.20. The molecule has 4 rings (SSSR count). The number of rotatable bonds is 3. The standard InChI is InChI=1S/C19H20Cl2N4/c20-15-11-16(21)19-23-18(14-5-2-1-3-6-14)17(25(19)12-15)13-24-9-4-7-22-8-10-24/h1-3,5-6,11-12,22H,4,7-10,13H2. The Morgan fingerprint density at radius 3 is 2.76 bits per heavy atom. The summed E-state index contributed by atoms with van der Waals surface area (Å²) < 4.78 is 2.05. The van der Waals surface area contributed by atoms with Gasteiger partial charge in [0.2, 0.25) is 0 Å². The fraction of sp³-hybridized carbons (Fsp3) is 0.316. The maximum atomic E-state index is 6.41. The van der Waals surface area contributed by atoms with Crippen molar-refractivity contribution in [3.8, 4) is 11.3 Å². The predicted molar refractivity (Wildman–Crippen MR) is 103 cm³/mol. The molecule has 4 nitrogen and oxygen atoms in total. The summed E-state index contributed by atoms with van der Waals surface area (Å²) in [6.07, 6.45) is 3.06. The first kappa shape index (κ1) is 16.9. The molecule has 1 N–H and O–H groups in total. The Labute approximate surface area is 157 Å². The van der Waals surface area contributed by atoms with Crippen LogP contribution in [0.25, 0.3) is 16.9 Å². The number of halogens is 2. The lowest BCUT2D eigenvalue weighted by Gasteiger charge is -2.20. The number of hydrogen-bond acceptors (Lipinski definition) is 3. The molecule has 0 spiro atoms. The Kier molecular flexibility index (Phi) is 4.95. The van der Waals surface area contributed by atoms with E-state index in [9.17, 15) is 0 Å². The van der Waals surface area contributed by atoms with Gasteiger partial charge in [-0.15, -0.1) is 0 Å². The third kappa shape index (κ3) is 3.53. The fourth-order valence-corrected chi connectivity index (χ4v) is 3.88. The van der Waals surface area contributed by atoms with E-state index in [0.717, 1.165) is 61.7 Å². The van der Waals surface area contributed by atoms with Gasteiger partial charge in [0.25, 0.3) is 0 Å². The van der Waals surface area contributed by atoms with Gasteiger partial charge in [0.1, 0.15) is 0 Å². The molecule has 6 heteroatoms. The van der Waals surface area contributed by atoms with E-state index in [0.29, 0.717) is 10.0 Å². The second kappa shape index (κ2) is 7.34. The van der Waals surface area contributed by atoms with Crippen molar-refractivity contribution in [1.82, 2.24) is 19.6 Å². The summed E-state index contributed by atoms with van der Waals surface area (Å²) >= 11 is 12.7. The van der Waals surface area contributed by atoms with Gasteiger partial charge in [0.05, 0.1) is 21.4 Å². The highest BCUT2D eigenvalue weighted by Gasteiger charge is 2.19. The SMILES string of the molecule is Clc1cc(Cl)c2nc(-c3ccccc3)c(CN3CCCNCC3)n2c1. The average Bonchev–Trinajstić information content (AvgIpc) is 2.79. The molecule has 25 heavy (non-hydrogen) atoms. The molecule has 0 radical (unpaired) electrons. The fourth-order valence-electron chi connectivity index (χ4n) is 3.37. The lowest BCUT2D eigenvalue weighted by atomic mass is 10.1. The predicted octanol–water partition coefficient (Wildman–Crippen LogP) is 4.10. The molecule has 0 unspecified atom stereocenters. The third-order valence-electron chi connectivity index (χ3n) is 4.59. The topological polar surface area (TPSA) is 32.6 Å². The summed E-state index contributed by atoms with van der Waals surface area (Å²) in [6.45, 7) is 5.01. The van der Waals surface area contributed by atoms with Crippen molar-refractivity contribution in [1.29, 1.82) is 0 Å². The van der Waals surface area contributed by atoms with Crippen molar-refractivity contribution >= 4 is 28.8 Å². The quantitative estimate of drug-likeness (QED) is 0.748. The molecular weight excluding hydrogens is 355 g/mol. The maximum Gasteiger partial charge on any atom is 0.156 e. The van der Waals surface area contributed by atoms with Crippen LogP contribution in [0.5, 0.6) is 0 Å². The number of aromatic nitrogens is 2. The van der Waals surface area contributed by atoms with E-state index in [1.165, 1.54) is 0 Å². The Morgan fingerprint density at radius 1 is 1.08 bits per heavy atom. The van der Waals surface area contributed by atoms with Gasteiger partial charge in [-0.05, 0) is 25.6 Å². The minimum Gasteiger partial charge on any atom is -0.315 e. The lowest BCUT2D eigenvalue weighted by Crippen LogP contribution is -2.28. The van der Waals surface area contributed by atoms with Crippen molar-refractivity contribution in [2.45, 2.75) is 13.0 Å². The summed E-state index contributed by atoms with van der Waals surface area (Å²) in [7, 11) is 0. The van der Waals surface area contributed by atoms with Crippen LogP contribution in [0.2, 0.25) is 10.0 Å². The number of imidazole rings is 1. The van der Waals surface area contributed by atoms with Gasteiger partial charge in [-0.25, -0.2) is 4.98 Å². The average molecular weight is 375 g/mol. The molecule has 1 aromatic carbocycles. The number of hydrogen-bond donors (Lipinski definition) is 1. The van der Waals surface area contributed by atoms with Crippen LogP contribution in [-0.4, -0.2) is 40.5 Å². The molecule has 1 aliphatic rings. The first-order chi connectivity index (χ1) is 12.2. The van der Waals surface area contributed by atoms with Crippen LogP contribution in [0.4, 0.5) is 0 Å². The van der Waals surface area contributed by atoms with Crippen molar-refractivity contribution in [2.24, 2.45) is 0 Å². The number of nitrogens with zero attached hydrogens (tertiary/aromatic N) is 3. The number of pyridine rings is 1. The monoisotopic (exact) mass is 374 g/mol. The van der Waals surface area contributed by atoms with Crippen LogP contribution in [0.1, 0.15) is 12.1 Å². The van der Waals surface area contributed by atoms with Crippen molar-refractivity contribution in [3.05, 3.63) is 58.3 Å². The summed E-state index contributed by atoms with van der Waals surface area (Å²) in [6, 6.07) is 12.0. The zero-order valence-corrected chi connectivity index (χ0v) is 15.4. The zero-order chi connectivity index (χ0) is 17.2. The van der Waals surface area contributed by atoms with E-state index in [2.05, 4.69) is 22.3 Å². The Morgan fingerprint density at radius 2 is 1.92 bits per heavy atom. The molecular formula is C19H20Cl2N4. The molecule has 0 saturated carbocycles. The first-order valence-corrected chi connectivity index (χ1v) is 9.32. The molecule has 3 heterocycles.